The van der Waals surface area contributed by atoms with E-state index in [4.69, 9.17) is 5.73 Å². The van der Waals surface area contributed by atoms with Gasteiger partial charge in [-0.15, -0.1) is 0 Å². The van der Waals surface area contributed by atoms with E-state index in [-0.39, 0.29) is 0 Å². The van der Waals surface area contributed by atoms with Gasteiger partial charge in [-0.3, -0.25) is 0 Å². The summed E-state index contributed by atoms with van der Waals surface area (Å²) in [5, 5.41) is 0. The van der Waals surface area contributed by atoms with Gasteiger partial charge in [-0.1, -0.05) is 13.3 Å². The van der Waals surface area contributed by atoms with E-state index in [2.05, 4.69) is 23.6 Å². The number of thioether (sulfide) groups is 1. The average molecular weight is 242 g/mol. The molecule has 94 valence electrons. The van der Waals surface area contributed by atoms with Crippen molar-refractivity contribution < 1.29 is 0 Å². The molecule has 1 heterocycles. The van der Waals surface area contributed by atoms with Gasteiger partial charge >= 0.3 is 0 Å². The molecule has 3 unspecified atom stereocenters. The summed E-state index contributed by atoms with van der Waals surface area (Å²) in [5.74, 6) is 4.35. The highest BCUT2D eigenvalue weighted by atomic mass is 32.2. The van der Waals surface area contributed by atoms with Crippen LogP contribution < -0.4 is 5.73 Å². The Morgan fingerprint density at radius 2 is 2.00 bits per heavy atom. The minimum absolute atomic E-state index is 0.470. The van der Waals surface area contributed by atoms with Crippen molar-refractivity contribution in [3.8, 4) is 0 Å². The molecule has 1 saturated heterocycles. The maximum absolute atomic E-state index is 6.28. The van der Waals surface area contributed by atoms with E-state index in [1.807, 2.05) is 0 Å². The molecule has 2 rings (SSSR count). The second-order valence-corrected chi connectivity index (χ2v) is 6.65. The summed E-state index contributed by atoms with van der Waals surface area (Å²) in [4.78, 5) is 2.64. The normalized spacial score (nSPS) is 37.5. The largest absolute Gasteiger partial charge is 0.327 e. The van der Waals surface area contributed by atoms with Crippen LogP contribution in [0.3, 0.4) is 0 Å². The lowest BCUT2D eigenvalue weighted by Crippen LogP contribution is -2.45. The molecule has 2 aliphatic rings. The van der Waals surface area contributed by atoms with E-state index >= 15 is 0 Å². The van der Waals surface area contributed by atoms with E-state index in [1.54, 1.807) is 0 Å². The van der Waals surface area contributed by atoms with Gasteiger partial charge in [0.05, 0.1) is 0 Å². The van der Waals surface area contributed by atoms with Gasteiger partial charge in [0.15, 0.2) is 0 Å². The van der Waals surface area contributed by atoms with Crippen molar-refractivity contribution in [1.29, 1.82) is 0 Å². The molecule has 0 bridgehead atoms. The third-order valence-electron chi connectivity index (χ3n) is 4.32. The Kier molecular flexibility index (Phi) is 4.98. The summed E-state index contributed by atoms with van der Waals surface area (Å²) in [6, 6.07) is 0.470. The van der Waals surface area contributed by atoms with E-state index in [0.717, 1.165) is 11.8 Å². The molecule has 16 heavy (non-hydrogen) atoms. The lowest BCUT2D eigenvalue weighted by Gasteiger charge is -2.38. The Balaban J connectivity index is 1.81. The number of nitrogens with two attached hydrogens (primary N) is 1. The van der Waals surface area contributed by atoms with Gasteiger partial charge < -0.3 is 10.6 Å². The molecular formula is C13H26N2S. The van der Waals surface area contributed by atoms with Gasteiger partial charge in [-0.2, -0.15) is 11.8 Å². The molecule has 2 fully saturated rings. The number of rotatable bonds is 3. The Morgan fingerprint density at radius 1 is 1.25 bits per heavy atom. The summed E-state index contributed by atoms with van der Waals surface area (Å²) in [6.45, 7) is 6.16. The molecule has 1 aliphatic carbocycles. The Bertz CT molecular complexity index is 204. The predicted molar refractivity (Wildman–Crippen MR) is 72.9 cm³/mol. The first-order chi connectivity index (χ1) is 7.79. The molecule has 2 N–H and O–H groups in total. The average Bonchev–Trinajstić information content (AvgIpc) is 2.33. The van der Waals surface area contributed by atoms with Crippen molar-refractivity contribution in [3.05, 3.63) is 0 Å². The predicted octanol–water partition coefficient (Wildman–Crippen LogP) is 2.19. The minimum Gasteiger partial charge on any atom is -0.327 e. The van der Waals surface area contributed by atoms with Crippen molar-refractivity contribution in [2.24, 2.45) is 17.6 Å². The second-order valence-electron chi connectivity index (χ2n) is 5.42. The Morgan fingerprint density at radius 3 is 2.69 bits per heavy atom. The zero-order valence-electron chi connectivity index (χ0n) is 10.5. The fourth-order valence-electron chi connectivity index (χ4n) is 3.08. The van der Waals surface area contributed by atoms with Crippen LogP contribution in [0.15, 0.2) is 0 Å². The van der Waals surface area contributed by atoms with Crippen LogP contribution in [0.1, 0.15) is 32.6 Å². The molecule has 1 saturated carbocycles. The fourth-order valence-corrected chi connectivity index (χ4v) is 4.06. The van der Waals surface area contributed by atoms with Gasteiger partial charge in [0.1, 0.15) is 0 Å². The van der Waals surface area contributed by atoms with Crippen LogP contribution >= 0.6 is 11.8 Å². The van der Waals surface area contributed by atoms with Gasteiger partial charge in [0, 0.05) is 37.2 Å². The van der Waals surface area contributed by atoms with Crippen molar-refractivity contribution in [3.63, 3.8) is 0 Å². The van der Waals surface area contributed by atoms with Crippen LogP contribution in [-0.2, 0) is 0 Å². The summed E-state index contributed by atoms with van der Waals surface area (Å²) in [6.07, 6.45) is 5.34. The molecule has 0 radical (unpaired) electrons. The minimum atomic E-state index is 0.470. The van der Waals surface area contributed by atoms with Gasteiger partial charge in [-0.05, 0) is 31.1 Å². The number of nitrogens with zero attached hydrogens (tertiary/aromatic N) is 1. The quantitative estimate of drug-likeness (QED) is 0.822. The van der Waals surface area contributed by atoms with Crippen LogP contribution in [0.4, 0.5) is 0 Å². The number of hydrogen-bond acceptors (Lipinski definition) is 3. The first-order valence-corrected chi connectivity index (χ1v) is 8.00. The smallest absolute Gasteiger partial charge is 0.00795 e. The lowest BCUT2D eigenvalue weighted by atomic mass is 9.77. The second kappa shape index (κ2) is 6.27. The molecule has 1 aliphatic heterocycles. The molecule has 0 spiro atoms. The SMILES string of the molecule is CCC1CCC(N)C(CN2CCSCC2)C1. The van der Waals surface area contributed by atoms with E-state index < -0.39 is 0 Å². The van der Waals surface area contributed by atoms with Crippen LogP contribution in [0.25, 0.3) is 0 Å². The van der Waals surface area contributed by atoms with Crippen molar-refractivity contribution in [2.75, 3.05) is 31.1 Å². The van der Waals surface area contributed by atoms with Crippen molar-refractivity contribution in [2.45, 2.75) is 38.6 Å². The lowest BCUT2D eigenvalue weighted by molar-refractivity contribution is 0.162. The fraction of sp³-hybridized carbons (Fsp3) is 1.00. The maximum atomic E-state index is 6.28. The molecule has 0 aromatic carbocycles. The van der Waals surface area contributed by atoms with E-state index in [9.17, 15) is 0 Å². The van der Waals surface area contributed by atoms with Crippen molar-refractivity contribution in [1.82, 2.24) is 4.90 Å². The standard InChI is InChI=1S/C13H26N2S/c1-2-11-3-4-13(14)12(9-11)10-15-5-7-16-8-6-15/h11-13H,2-10,14H2,1H3. The highest BCUT2D eigenvalue weighted by Gasteiger charge is 2.28. The molecule has 2 nitrogen and oxygen atoms in total. The third-order valence-corrected chi connectivity index (χ3v) is 5.27. The van der Waals surface area contributed by atoms with Crippen LogP contribution in [0, 0.1) is 11.8 Å². The molecule has 0 amide bonds. The van der Waals surface area contributed by atoms with Crippen LogP contribution in [0.2, 0.25) is 0 Å². The molecule has 3 atom stereocenters. The zero-order valence-corrected chi connectivity index (χ0v) is 11.3. The summed E-state index contributed by atoms with van der Waals surface area (Å²) >= 11 is 2.09. The van der Waals surface area contributed by atoms with Crippen LogP contribution in [0.5, 0.6) is 0 Å². The first-order valence-electron chi connectivity index (χ1n) is 6.85. The topological polar surface area (TPSA) is 29.3 Å². The Labute approximate surface area is 104 Å². The molecule has 0 aromatic heterocycles. The van der Waals surface area contributed by atoms with E-state index in [0.29, 0.717) is 6.04 Å². The van der Waals surface area contributed by atoms with Crippen LogP contribution in [-0.4, -0.2) is 42.1 Å². The van der Waals surface area contributed by atoms with Gasteiger partial charge in [-0.25, -0.2) is 0 Å². The monoisotopic (exact) mass is 242 g/mol. The zero-order chi connectivity index (χ0) is 11.4. The van der Waals surface area contributed by atoms with Crippen molar-refractivity contribution >= 4 is 11.8 Å². The summed E-state index contributed by atoms with van der Waals surface area (Å²) in [7, 11) is 0. The highest BCUT2D eigenvalue weighted by Crippen LogP contribution is 2.31. The van der Waals surface area contributed by atoms with Gasteiger partial charge in [0.2, 0.25) is 0 Å². The number of hydrogen-bond donors (Lipinski definition) is 1. The first kappa shape index (κ1) is 12.7. The summed E-state index contributed by atoms with van der Waals surface area (Å²) < 4.78 is 0. The highest BCUT2D eigenvalue weighted by molar-refractivity contribution is 7.99. The third kappa shape index (κ3) is 3.38. The molecular weight excluding hydrogens is 216 g/mol. The van der Waals surface area contributed by atoms with Gasteiger partial charge in [0.25, 0.3) is 0 Å². The maximum Gasteiger partial charge on any atom is 0.00795 e. The Hall–Kier alpha value is 0.270. The molecule has 3 heteroatoms. The summed E-state index contributed by atoms with van der Waals surface area (Å²) in [5.41, 5.74) is 6.28. The molecule has 0 aromatic rings. The van der Waals surface area contributed by atoms with E-state index in [1.165, 1.54) is 56.8 Å².